The third kappa shape index (κ3) is 6.73. The predicted molar refractivity (Wildman–Crippen MR) is 138 cm³/mol. The summed E-state index contributed by atoms with van der Waals surface area (Å²) in [4.78, 5) is 18.2. The van der Waals surface area contributed by atoms with Gasteiger partial charge in [0.1, 0.15) is 18.4 Å². The van der Waals surface area contributed by atoms with Crippen LogP contribution in [0.1, 0.15) is 50.6 Å². The molecule has 2 atom stereocenters. The number of rotatable bonds is 5. The number of nitrogens with one attached hydrogen (secondary N) is 2. The Hall–Kier alpha value is -1.59. The minimum Gasteiger partial charge on any atom is -0.493 e. The van der Waals surface area contributed by atoms with Gasteiger partial charge in [-0.3, -0.25) is 4.79 Å². The molecule has 2 unspecified atom stereocenters. The van der Waals surface area contributed by atoms with E-state index in [0.717, 1.165) is 49.3 Å². The van der Waals surface area contributed by atoms with Crippen LogP contribution >= 0.6 is 24.0 Å². The van der Waals surface area contributed by atoms with Crippen molar-refractivity contribution in [1.29, 1.82) is 0 Å². The van der Waals surface area contributed by atoms with E-state index in [-0.39, 0.29) is 48.6 Å². The first-order chi connectivity index (χ1) is 15.4. The number of halogens is 1. The van der Waals surface area contributed by atoms with Crippen molar-refractivity contribution in [1.82, 2.24) is 15.5 Å². The molecule has 3 aliphatic rings. The van der Waals surface area contributed by atoms with Crippen LogP contribution in [0.2, 0.25) is 0 Å². The lowest BCUT2D eigenvalue weighted by Crippen LogP contribution is -2.45. The molecule has 1 aliphatic carbocycles. The average molecular weight is 572 g/mol. The lowest BCUT2D eigenvalue weighted by molar-refractivity contribution is -0.191. The summed E-state index contributed by atoms with van der Waals surface area (Å²) in [5.74, 6) is 1.77. The summed E-state index contributed by atoms with van der Waals surface area (Å²) >= 11 is 0. The fraction of sp³-hybridized carbons (Fsp3) is 0.667. The largest absolute Gasteiger partial charge is 0.493 e. The number of likely N-dealkylation sites (N-methyl/N-ethyl adjacent to an activating group) is 1. The summed E-state index contributed by atoms with van der Waals surface area (Å²) in [5, 5.41) is 6.89. The molecule has 1 aromatic carbocycles. The number of hydrogen-bond donors (Lipinski definition) is 2. The molecular weight excluding hydrogens is 535 g/mol. The molecule has 1 spiro atoms. The van der Waals surface area contributed by atoms with Crippen LogP contribution in [0.15, 0.2) is 29.3 Å². The van der Waals surface area contributed by atoms with Crippen molar-refractivity contribution in [3.05, 3.63) is 29.8 Å². The highest BCUT2D eigenvalue weighted by molar-refractivity contribution is 14.0. The van der Waals surface area contributed by atoms with Crippen LogP contribution in [0.25, 0.3) is 0 Å². The second-order valence-electron chi connectivity index (χ2n) is 9.35. The first-order valence-corrected chi connectivity index (χ1v) is 11.7. The van der Waals surface area contributed by atoms with E-state index in [2.05, 4.69) is 28.6 Å². The van der Waals surface area contributed by atoms with E-state index in [9.17, 15) is 4.79 Å². The topological polar surface area (TPSA) is 84.4 Å². The van der Waals surface area contributed by atoms with Crippen LogP contribution in [0.4, 0.5) is 0 Å². The molecule has 1 saturated heterocycles. The molecule has 2 fully saturated rings. The maximum Gasteiger partial charge on any atom is 0.243 e. The number of guanidine groups is 1. The number of para-hydroxylation sites is 1. The van der Waals surface area contributed by atoms with Crippen LogP contribution < -0.4 is 15.4 Å². The summed E-state index contributed by atoms with van der Waals surface area (Å²) in [6.07, 6.45) is 4.99. The summed E-state index contributed by atoms with van der Waals surface area (Å²) < 4.78 is 18.2. The number of ether oxygens (including phenoxy) is 3. The van der Waals surface area contributed by atoms with Gasteiger partial charge in [0, 0.05) is 45.5 Å². The minimum atomic E-state index is -0.413. The van der Waals surface area contributed by atoms with Gasteiger partial charge in [-0.2, -0.15) is 0 Å². The molecule has 9 heteroatoms. The molecule has 0 bridgehead atoms. The number of amides is 1. The van der Waals surface area contributed by atoms with Gasteiger partial charge in [-0.15, -0.1) is 24.0 Å². The number of carbonyl (C=O) groups is 1. The highest BCUT2D eigenvalue weighted by Gasteiger charge is 2.43. The van der Waals surface area contributed by atoms with Gasteiger partial charge in [0.05, 0.1) is 19.3 Å². The lowest BCUT2D eigenvalue weighted by atomic mass is 9.86. The molecule has 8 nitrogen and oxygen atoms in total. The Morgan fingerprint density at radius 2 is 1.97 bits per heavy atom. The maximum absolute atomic E-state index is 12.1. The van der Waals surface area contributed by atoms with Gasteiger partial charge < -0.3 is 29.7 Å². The van der Waals surface area contributed by atoms with Crippen molar-refractivity contribution in [3.63, 3.8) is 0 Å². The molecule has 1 amide bonds. The molecule has 2 aliphatic heterocycles. The van der Waals surface area contributed by atoms with Gasteiger partial charge in [0.15, 0.2) is 11.7 Å². The second kappa shape index (κ2) is 11.7. The zero-order chi connectivity index (χ0) is 22.6. The number of fused-ring (bicyclic) bond motifs is 1. The molecule has 2 heterocycles. The molecular formula is C24H37IN4O4. The van der Waals surface area contributed by atoms with E-state index in [0.29, 0.717) is 25.7 Å². The van der Waals surface area contributed by atoms with Crippen molar-refractivity contribution in [3.8, 4) is 5.75 Å². The Morgan fingerprint density at radius 1 is 1.21 bits per heavy atom. The number of hydrogen-bond acceptors (Lipinski definition) is 5. The molecule has 1 saturated carbocycles. The number of aliphatic imine (C=N–C) groups is 1. The standard InChI is InChI=1S/C24H36N4O4.HI/c1-17-8-11-24(12-9-17)31-16-18(32-24)14-25-23(26-15-22(29)28(2)3)27-20-10-13-30-21-7-5-4-6-19(20)21;/h4-7,17-18,20H,8-16H2,1-3H3,(H2,25,26,27);1H. The van der Waals surface area contributed by atoms with Crippen LogP contribution in [0.3, 0.4) is 0 Å². The Morgan fingerprint density at radius 3 is 2.73 bits per heavy atom. The van der Waals surface area contributed by atoms with Crippen molar-refractivity contribution >= 4 is 35.8 Å². The molecule has 4 rings (SSSR count). The van der Waals surface area contributed by atoms with Crippen molar-refractivity contribution < 1.29 is 19.0 Å². The van der Waals surface area contributed by atoms with Crippen molar-refractivity contribution in [2.45, 2.75) is 57.0 Å². The molecule has 184 valence electrons. The predicted octanol–water partition coefficient (Wildman–Crippen LogP) is 3.07. The summed E-state index contributed by atoms with van der Waals surface area (Å²) in [7, 11) is 3.47. The van der Waals surface area contributed by atoms with E-state index in [1.165, 1.54) is 0 Å². The smallest absolute Gasteiger partial charge is 0.243 e. The quantitative estimate of drug-likeness (QED) is 0.321. The Kier molecular flexibility index (Phi) is 9.23. The Bertz CT molecular complexity index is 826. The van der Waals surface area contributed by atoms with Gasteiger partial charge >= 0.3 is 0 Å². The van der Waals surface area contributed by atoms with Gasteiger partial charge in [-0.1, -0.05) is 25.1 Å². The highest BCUT2D eigenvalue weighted by atomic mass is 127. The van der Waals surface area contributed by atoms with Crippen LogP contribution in [-0.2, 0) is 14.3 Å². The Labute approximate surface area is 213 Å². The molecule has 2 N–H and O–H groups in total. The van der Waals surface area contributed by atoms with E-state index < -0.39 is 5.79 Å². The van der Waals surface area contributed by atoms with Gasteiger partial charge in [0.25, 0.3) is 0 Å². The summed E-state index contributed by atoms with van der Waals surface area (Å²) in [6.45, 7) is 4.16. The lowest BCUT2D eigenvalue weighted by Gasteiger charge is -2.34. The monoisotopic (exact) mass is 572 g/mol. The zero-order valence-electron chi connectivity index (χ0n) is 19.8. The fourth-order valence-corrected chi connectivity index (χ4v) is 4.49. The SMILES string of the molecule is CC1CCC2(CC1)OCC(CNC(=NCC(=O)N(C)C)NC1CCOc3ccccc31)O2.I. The zero-order valence-corrected chi connectivity index (χ0v) is 22.2. The normalized spacial score (nSPS) is 28.9. The summed E-state index contributed by atoms with van der Waals surface area (Å²) in [5.41, 5.74) is 1.10. The van der Waals surface area contributed by atoms with Crippen LogP contribution in [0, 0.1) is 5.92 Å². The molecule has 33 heavy (non-hydrogen) atoms. The van der Waals surface area contributed by atoms with Crippen molar-refractivity contribution in [2.24, 2.45) is 10.9 Å². The van der Waals surface area contributed by atoms with E-state index in [1.807, 2.05) is 18.2 Å². The maximum atomic E-state index is 12.1. The average Bonchev–Trinajstić information content (AvgIpc) is 3.20. The number of carbonyl (C=O) groups excluding carboxylic acids is 1. The molecule has 0 aromatic heterocycles. The van der Waals surface area contributed by atoms with Crippen LogP contribution in [0.5, 0.6) is 5.75 Å². The first-order valence-electron chi connectivity index (χ1n) is 11.7. The van der Waals surface area contributed by atoms with Crippen LogP contribution in [-0.4, -0.2) is 69.1 Å². The third-order valence-corrected chi connectivity index (χ3v) is 6.59. The first kappa shape index (κ1) is 26.0. The van der Waals surface area contributed by atoms with Gasteiger partial charge in [-0.25, -0.2) is 4.99 Å². The minimum absolute atomic E-state index is 0. The molecule has 0 radical (unpaired) electrons. The fourth-order valence-electron chi connectivity index (χ4n) is 4.49. The van der Waals surface area contributed by atoms with Gasteiger partial charge in [0.2, 0.25) is 5.91 Å². The number of benzene rings is 1. The second-order valence-corrected chi connectivity index (χ2v) is 9.35. The third-order valence-electron chi connectivity index (χ3n) is 6.59. The molecule has 1 aromatic rings. The summed E-state index contributed by atoms with van der Waals surface area (Å²) in [6, 6.07) is 8.10. The van der Waals surface area contributed by atoms with E-state index in [1.54, 1.807) is 19.0 Å². The van der Waals surface area contributed by atoms with Gasteiger partial charge in [-0.05, 0) is 24.8 Å². The van der Waals surface area contributed by atoms with E-state index in [4.69, 9.17) is 14.2 Å². The highest BCUT2D eigenvalue weighted by Crippen LogP contribution is 2.39. The Balaban J connectivity index is 0.00000306. The van der Waals surface area contributed by atoms with E-state index >= 15 is 0 Å². The number of nitrogens with zero attached hydrogens (tertiary/aromatic N) is 2. The van der Waals surface area contributed by atoms with Crippen molar-refractivity contribution in [2.75, 3.05) is 40.4 Å².